The van der Waals surface area contributed by atoms with Crippen LogP contribution >= 0.6 is 11.6 Å². The first-order valence-corrected chi connectivity index (χ1v) is 6.51. The number of aliphatic carboxylic acids is 1. The zero-order valence-electron chi connectivity index (χ0n) is 10.5. The summed E-state index contributed by atoms with van der Waals surface area (Å²) in [4.78, 5) is 27.2. The number of carboxylic acid groups (broad SMARTS) is 1. The minimum atomic E-state index is -0.915. The molecule has 1 fully saturated rings. The lowest BCUT2D eigenvalue weighted by atomic mass is 9.95. The molecule has 1 amide bonds. The Morgan fingerprint density at radius 1 is 1.42 bits per heavy atom. The molecule has 19 heavy (non-hydrogen) atoms. The van der Waals surface area contributed by atoms with E-state index in [0.717, 1.165) is 0 Å². The molecule has 0 radical (unpaired) electrons. The molecular formula is C13H15ClN2O3. The molecule has 1 aliphatic rings. The highest BCUT2D eigenvalue weighted by Crippen LogP contribution is 2.37. The number of carbonyl (C=O) groups excluding carboxylic acids is 1. The monoisotopic (exact) mass is 282 g/mol. The van der Waals surface area contributed by atoms with Gasteiger partial charge in [0.1, 0.15) is 0 Å². The van der Waals surface area contributed by atoms with Crippen molar-refractivity contribution in [2.45, 2.75) is 19.8 Å². The molecule has 1 heterocycles. The maximum atomic E-state index is 12.2. The van der Waals surface area contributed by atoms with Crippen LogP contribution in [0.3, 0.4) is 0 Å². The van der Waals surface area contributed by atoms with Crippen molar-refractivity contribution in [2.75, 3.05) is 5.32 Å². The van der Waals surface area contributed by atoms with Crippen molar-refractivity contribution in [1.82, 2.24) is 4.98 Å². The van der Waals surface area contributed by atoms with E-state index in [-0.39, 0.29) is 17.0 Å². The number of anilines is 1. The standard InChI is InChI=1S/C13H15ClN2O3/c1-7-5-8(9(6-7)13(18)19)12(17)16-10-3-2-4-15-11(10)14/h2-4,7-9H,5-6H2,1H3,(H,16,17)(H,18,19). The SMILES string of the molecule is CC1CC(C(=O)O)C(C(=O)Nc2cccnc2Cl)C1. The normalized spacial score (nSPS) is 26.1. The number of carbonyl (C=O) groups is 2. The van der Waals surface area contributed by atoms with Crippen molar-refractivity contribution in [3.8, 4) is 0 Å². The van der Waals surface area contributed by atoms with E-state index in [1.165, 1.54) is 6.20 Å². The molecule has 0 saturated heterocycles. The van der Waals surface area contributed by atoms with Crippen LogP contribution in [-0.2, 0) is 9.59 Å². The van der Waals surface area contributed by atoms with Gasteiger partial charge in [-0.05, 0) is 30.9 Å². The number of amides is 1. The largest absolute Gasteiger partial charge is 0.481 e. The predicted molar refractivity (Wildman–Crippen MR) is 70.9 cm³/mol. The number of nitrogens with one attached hydrogen (secondary N) is 1. The Morgan fingerprint density at radius 3 is 2.74 bits per heavy atom. The number of hydrogen-bond donors (Lipinski definition) is 2. The summed E-state index contributed by atoms with van der Waals surface area (Å²) in [5.41, 5.74) is 0.415. The quantitative estimate of drug-likeness (QED) is 0.835. The topological polar surface area (TPSA) is 79.3 Å². The van der Waals surface area contributed by atoms with Crippen molar-refractivity contribution in [2.24, 2.45) is 17.8 Å². The summed E-state index contributed by atoms with van der Waals surface area (Å²) in [5.74, 6) is -2.11. The van der Waals surface area contributed by atoms with Crippen LogP contribution in [0.5, 0.6) is 0 Å². The number of halogens is 1. The molecule has 3 unspecified atom stereocenters. The summed E-state index contributed by atoms with van der Waals surface area (Å²) in [6, 6.07) is 3.30. The van der Waals surface area contributed by atoms with E-state index in [2.05, 4.69) is 10.3 Å². The van der Waals surface area contributed by atoms with Crippen molar-refractivity contribution < 1.29 is 14.7 Å². The van der Waals surface area contributed by atoms with Crippen LogP contribution in [0.4, 0.5) is 5.69 Å². The average molecular weight is 283 g/mol. The number of pyridine rings is 1. The number of rotatable bonds is 3. The van der Waals surface area contributed by atoms with Crippen molar-refractivity contribution in [3.05, 3.63) is 23.5 Å². The van der Waals surface area contributed by atoms with Crippen molar-refractivity contribution in [3.63, 3.8) is 0 Å². The first-order chi connectivity index (χ1) is 8.99. The van der Waals surface area contributed by atoms with E-state index in [9.17, 15) is 9.59 Å². The molecule has 102 valence electrons. The molecule has 0 bridgehead atoms. The first-order valence-electron chi connectivity index (χ1n) is 6.13. The van der Waals surface area contributed by atoms with E-state index in [0.29, 0.717) is 18.5 Å². The van der Waals surface area contributed by atoms with Crippen LogP contribution in [-0.4, -0.2) is 22.0 Å². The Kier molecular flexibility index (Phi) is 4.04. The molecular weight excluding hydrogens is 268 g/mol. The Morgan fingerprint density at radius 2 is 2.11 bits per heavy atom. The predicted octanol–water partition coefficient (Wildman–Crippen LogP) is 2.42. The highest BCUT2D eigenvalue weighted by Gasteiger charge is 2.41. The fraction of sp³-hybridized carbons (Fsp3) is 0.462. The molecule has 2 N–H and O–H groups in total. The van der Waals surface area contributed by atoms with Crippen LogP contribution < -0.4 is 5.32 Å². The van der Waals surface area contributed by atoms with Gasteiger partial charge in [-0.2, -0.15) is 0 Å². The smallest absolute Gasteiger partial charge is 0.307 e. The summed E-state index contributed by atoms with van der Waals surface area (Å²) in [6.07, 6.45) is 2.64. The molecule has 0 aromatic carbocycles. The maximum absolute atomic E-state index is 12.2. The lowest BCUT2D eigenvalue weighted by molar-refractivity contribution is -0.145. The Balaban J connectivity index is 2.11. The Labute approximate surface area is 116 Å². The fourth-order valence-corrected chi connectivity index (χ4v) is 2.73. The summed E-state index contributed by atoms with van der Waals surface area (Å²) in [5, 5.41) is 12.0. The highest BCUT2D eigenvalue weighted by molar-refractivity contribution is 6.32. The molecule has 1 aromatic heterocycles. The first kappa shape index (κ1) is 13.8. The second kappa shape index (κ2) is 5.57. The van der Waals surface area contributed by atoms with Gasteiger partial charge >= 0.3 is 5.97 Å². The zero-order chi connectivity index (χ0) is 14.0. The average Bonchev–Trinajstić information content (AvgIpc) is 2.74. The lowest BCUT2D eigenvalue weighted by Gasteiger charge is -2.15. The van der Waals surface area contributed by atoms with Gasteiger partial charge in [0.2, 0.25) is 5.91 Å². The summed E-state index contributed by atoms with van der Waals surface area (Å²) >= 11 is 5.86. The molecule has 1 aromatic rings. The van der Waals surface area contributed by atoms with Crippen molar-refractivity contribution >= 4 is 29.2 Å². The second-order valence-electron chi connectivity index (χ2n) is 4.96. The maximum Gasteiger partial charge on any atom is 0.307 e. The van der Waals surface area contributed by atoms with Gasteiger partial charge in [0.05, 0.1) is 17.5 Å². The van der Waals surface area contributed by atoms with Crippen LogP contribution in [0.2, 0.25) is 5.15 Å². The molecule has 2 rings (SSSR count). The number of aromatic nitrogens is 1. The van der Waals surface area contributed by atoms with Gasteiger partial charge in [0.25, 0.3) is 0 Å². The lowest BCUT2D eigenvalue weighted by Crippen LogP contribution is -2.30. The third-order valence-corrected chi connectivity index (χ3v) is 3.77. The molecule has 6 heteroatoms. The molecule has 5 nitrogen and oxygen atoms in total. The fourth-order valence-electron chi connectivity index (χ4n) is 2.56. The summed E-state index contributed by atoms with van der Waals surface area (Å²) in [6.45, 7) is 1.96. The zero-order valence-corrected chi connectivity index (χ0v) is 11.2. The molecule has 0 spiro atoms. The molecule has 0 aliphatic heterocycles. The van der Waals surface area contributed by atoms with Gasteiger partial charge in [-0.15, -0.1) is 0 Å². The van der Waals surface area contributed by atoms with Gasteiger partial charge in [0, 0.05) is 6.20 Å². The Hall–Kier alpha value is -1.62. The van der Waals surface area contributed by atoms with Crippen LogP contribution in [0.1, 0.15) is 19.8 Å². The van der Waals surface area contributed by atoms with E-state index in [1.54, 1.807) is 12.1 Å². The van der Waals surface area contributed by atoms with E-state index in [1.807, 2.05) is 6.92 Å². The summed E-state index contributed by atoms with van der Waals surface area (Å²) in [7, 11) is 0. The summed E-state index contributed by atoms with van der Waals surface area (Å²) < 4.78 is 0. The third kappa shape index (κ3) is 3.04. The van der Waals surface area contributed by atoms with Crippen LogP contribution in [0.25, 0.3) is 0 Å². The number of nitrogens with zero attached hydrogens (tertiary/aromatic N) is 1. The van der Waals surface area contributed by atoms with Crippen LogP contribution in [0, 0.1) is 17.8 Å². The minimum Gasteiger partial charge on any atom is -0.481 e. The van der Waals surface area contributed by atoms with E-state index in [4.69, 9.17) is 16.7 Å². The van der Waals surface area contributed by atoms with Crippen LogP contribution in [0.15, 0.2) is 18.3 Å². The second-order valence-corrected chi connectivity index (χ2v) is 5.32. The Bertz CT molecular complexity index is 506. The molecule has 3 atom stereocenters. The molecule has 1 aliphatic carbocycles. The van der Waals surface area contributed by atoms with Gasteiger partial charge in [-0.3, -0.25) is 9.59 Å². The van der Waals surface area contributed by atoms with Gasteiger partial charge < -0.3 is 10.4 Å². The third-order valence-electron chi connectivity index (χ3n) is 3.47. The van der Waals surface area contributed by atoms with Gasteiger partial charge in [0.15, 0.2) is 5.15 Å². The number of hydrogen-bond acceptors (Lipinski definition) is 3. The van der Waals surface area contributed by atoms with Crippen molar-refractivity contribution in [1.29, 1.82) is 0 Å². The molecule has 1 saturated carbocycles. The van der Waals surface area contributed by atoms with E-state index >= 15 is 0 Å². The number of carboxylic acids is 1. The van der Waals surface area contributed by atoms with Gasteiger partial charge in [-0.1, -0.05) is 18.5 Å². The van der Waals surface area contributed by atoms with Gasteiger partial charge in [-0.25, -0.2) is 4.98 Å². The minimum absolute atomic E-state index is 0.203. The van der Waals surface area contributed by atoms with E-state index < -0.39 is 17.8 Å². The highest BCUT2D eigenvalue weighted by atomic mass is 35.5.